The SMILES string of the molecule is Cc1cc(-c2cc3cc(C(N)=O)ccc3[nH]2)c(C)c(S(N)(=O)=O)c1C. The van der Waals surface area contributed by atoms with E-state index in [2.05, 4.69) is 4.98 Å². The van der Waals surface area contributed by atoms with Crippen LogP contribution in [0.1, 0.15) is 27.0 Å². The van der Waals surface area contributed by atoms with E-state index >= 15 is 0 Å². The minimum Gasteiger partial charge on any atom is -0.366 e. The molecule has 0 saturated carbocycles. The summed E-state index contributed by atoms with van der Waals surface area (Å²) in [5.74, 6) is -0.497. The average molecular weight is 357 g/mol. The van der Waals surface area contributed by atoms with Gasteiger partial charge in [-0.15, -0.1) is 0 Å². The third kappa shape index (κ3) is 2.92. The first-order valence-corrected chi connectivity index (χ1v) is 9.21. The molecule has 0 fully saturated rings. The summed E-state index contributed by atoms with van der Waals surface area (Å²) in [4.78, 5) is 14.8. The zero-order chi connectivity index (χ0) is 18.5. The Labute approximate surface area is 145 Å². The Morgan fingerprint density at radius 3 is 2.32 bits per heavy atom. The number of carbonyl (C=O) groups is 1. The third-order valence-electron chi connectivity index (χ3n) is 4.52. The zero-order valence-electron chi connectivity index (χ0n) is 14.2. The van der Waals surface area contributed by atoms with Gasteiger partial charge in [0.25, 0.3) is 0 Å². The van der Waals surface area contributed by atoms with E-state index in [-0.39, 0.29) is 4.90 Å². The van der Waals surface area contributed by atoms with E-state index in [0.29, 0.717) is 16.7 Å². The average Bonchev–Trinajstić information content (AvgIpc) is 2.92. The second-order valence-electron chi connectivity index (χ2n) is 6.21. The van der Waals surface area contributed by atoms with E-state index in [0.717, 1.165) is 27.7 Å². The summed E-state index contributed by atoms with van der Waals surface area (Å²) in [6, 6.07) is 8.92. The molecule has 3 rings (SSSR count). The van der Waals surface area contributed by atoms with Crippen molar-refractivity contribution in [1.82, 2.24) is 4.98 Å². The lowest BCUT2D eigenvalue weighted by Crippen LogP contribution is -2.16. The number of aryl methyl sites for hydroxylation is 1. The molecule has 130 valence electrons. The Morgan fingerprint density at radius 1 is 1.04 bits per heavy atom. The molecule has 0 aliphatic heterocycles. The molecule has 1 amide bonds. The summed E-state index contributed by atoms with van der Waals surface area (Å²) in [5.41, 5.74) is 10.1. The molecule has 7 heteroatoms. The molecule has 3 aromatic rings. The van der Waals surface area contributed by atoms with E-state index in [1.54, 1.807) is 32.0 Å². The lowest BCUT2D eigenvalue weighted by molar-refractivity contribution is 0.100. The van der Waals surface area contributed by atoms with Crippen molar-refractivity contribution in [1.29, 1.82) is 0 Å². The Morgan fingerprint density at radius 2 is 1.72 bits per heavy atom. The van der Waals surface area contributed by atoms with Gasteiger partial charge in [0.05, 0.1) is 4.90 Å². The number of nitrogens with two attached hydrogens (primary N) is 2. The number of sulfonamides is 1. The molecule has 1 heterocycles. The predicted octanol–water partition coefficient (Wildman–Crippen LogP) is 2.51. The van der Waals surface area contributed by atoms with Crippen LogP contribution in [-0.4, -0.2) is 19.3 Å². The van der Waals surface area contributed by atoms with Crippen molar-refractivity contribution < 1.29 is 13.2 Å². The first kappa shape index (κ1) is 17.2. The van der Waals surface area contributed by atoms with E-state index < -0.39 is 15.9 Å². The van der Waals surface area contributed by atoms with Crippen LogP contribution in [0.15, 0.2) is 35.2 Å². The van der Waals surface area contributed by atoms with Crippen molar-refractivity contribution in [2.24, 2.45) is 10.9 Å². The highest BCUT2D eigenvalue weighted by molar-refractivity contribution is 7.89. The molecule has 2 aromatic carbocycles. The van der Waals surface area contributed by atoms with Crippen LogP contribution in [-0.2, 0) is 10.0 Å². The molecule has 0 radical (unpaired) electrons. The number of rotatable bonds is 3. The number of benzene rings is 2. The summed E-state index contributed by atoms with van der Waals surface area (Å²) in [6.45, 7) is 5.33. The van der Waals surface area contributed by atoms with Crippen LogP contribution in [0.25, 0.3) is 22.2 Å². The second-order valence-corrected chi connectivity index (χ2v) is 7.71. The van der Waals surface area contributed by atoms with Crippen LogP contribution < -0.4 is 10.9 Å². The van der Waals surface area contributed by atoms with Crippen molar-refractivity contribution in [3.8, 4) is 11.3 Å². The van der Waals surface area contributed by atoms with E-state index in [1.807, 2.05) is 19.1 Å². The topological polar surface area (TPSA) is 119 Å². The largest absolute Gasteiger partial charge is 0.366 e. The number of aromatic nitrogens is 1. The molecule has 0 spiro atoms. The number of fused-ring (bicyclic) bond motifs is 1. The number of primary sulfonamides is 1. The first-order valence-electron chi connectivity index (χ1n) is 7.66. The maximum Gasteiger partial charge on any atom is 0.248 e. The fourth-order valence-electron chi connectivity index (χ4n) is 3.15. The van der Waals surface area contributed by atoms with E-state index in [4.69, 9.17) is 10.9 Å². The summed E-state index contributed by atoms with van der Waals surface area (Å²) in [6.07, 6.45) is 0. The maximum atomic E-state index is 12.0. The van der Waals surface area contributed by atoms with E-state index in [1.165, 1.54) is 0 Å². The second kappa shape index (κ2) is 5.72. The molecular formula is C18H19N3O3S. The predicted molar refractivity (Wildman–Crippen MR) is 97.8 cm³/mol. The zero-order valence-corrected chi connectivity index (χ0v) is 15.0. The van der Waals surface area contributed by atoms with Gasteiger partial charge in [-0.05, 0) is 67.8 Å². The molecular weight excluding hydrogens is 338 g/mol. The van der Waals surface area contributed by atoms with Gasteiger partial charge < -0.3 is 10.7 Å². The molecule has 0 bridgehead atoms. The van der Waals surface area contributed by atoms with Crippen LogP contribution >= 0.6 is 0 Å². The van der Waals surface area contributed by atoms with Crippen molar-refractivity contribution in [3.05, 3.63) is 52.6 Å². The maximum absolute atomic E-state index is 12.0. The minimum absolute atomic E-state index is 0.152. The van der Waals surface area contributed by atoms with Crippen molar-refractivity contribution in [3.63, 3.8) is 0 Å². The van der Waals surface area contributed by atoms with Gasteiger partial charge in [0.15, 0.2) is 0 Å². The van der Waals surface area contributed by atoms with Crippen molar-refractivity contribution in [2.75, 3.05) is 0 Å². The lowest BCUT2D eigenvalue weighted by Gasteiger charge is -2.14. The van der Waals surface area contributed by atoms with Gasteiger partial charge >= 0.3 is 0 Å². The van der Waals surface area contributed by atoms with Gasteiger partial charge in [-0.25, -0.2) is 13.6 Å². The standard InChI is InChI=1S/C18H19N3O3S/c1-9-6-14(11(3)17(10(9)2)25(20,23)24)16-8-13-7-12(18(19)22)4-5-15(13)21-16/h4-8,21H,1-3H3,(H2,19,22)(H2,20,23,24). The molecule has 0 aliphatic rings. The van der Waals surface area contributed by atoms with Crippen LogP contribution in [0.4, 0.5) is 0 Å². The van der Waals surface area contributed by atoms with Gasteiger partial charge in [0.1, 0.15) is 0 Å². The van der Waals surface area contributed by atoms with Gasteiger partial charge in [-0.1, -0.05) is 0 Å². The number of hydrogen-bond acceptors (Lipinski definition) is 3. The minimum atomic E-state index is -3.84. The molecule has 0 unspecified atom stereocenters. The number of carbonyl (C=O) groups excluding carboxylic acids is 1. The highest BCUT2D eigenvalue weighted by Crippen LogP contribution is 2.33. The van der Waals surface area contributed by atoms with Crippen molar-refractivity contribution >= 4 is 26.8 Å². The highest BCUT2D eigenvalue weighted by Gasteiger charge is 2.21. The van der Waals surface area contributed by atoms with Crippen LogP contribution in [0.2, 0.25) is 0 Å². The van der Waals surface area contributed by atoms with Crippen molar-refractivity contribution in [2.45, 2.75) is 25.7 Å². The number of H-pyrrole nitrogens is 1. The van der Waals surface area contributed by atoms with Gasteiger partial charge in [-0.2, -0.15) is 0 Å². The summed E-state index contributed by atoms with van der Waals surface area (Å²) < 4.78 is 24.0. The molecule has 0 aliphatic carbocycles. The normalized spacial score (nSPS) is 11.8. The number of amides is 1. The molecule has 0 saturated heterocycles. The Kier molecular flexibility index (Phi) is 3.93. The summed E-state index contributed by atoms with van der Waals surface area (Å²) in [5, 5.41) is 6.23. The Bertz CT molecular complexity index is 1130. The number of aromatic amines is 1. The highest BCUT2D eigenvalue weighted by atomic mass is 32.2. The molecule has 25 heavy (non-hydrogen) atoms. The molecule has 6 nitrogen and oxygen atoms in total. The molecule has 5 N–H and O–H groups in total. The third-order valence-corrected chi connectivity index (χ3v) is 5.70. The number of primary amides is 1. The molecule has 0 atom stereocenters. The first-order chi connectivity index (χ1) is 11.6. The lowest BCUT2D eigenvalue weighted by atomic mass is 9.98. The van der Waals surface area contributed by atoms with Gasteiger partial charge in [-0.3, -0.25) is 4.79 Å². The Hall–Kier alpha value is -2.64. The fraction of sp³-hybridized carbons (Fsp3) is 0.167. The Balaban J connectivity index is 2.28. The quantitative estimate of drug-likeness (QED) is 0.668. The number of nitrogens with one attached hydrogen (secondary N) is 1. The van der Waals surface area contributed by atoms with Gasteiger partial charge in [0, 0.05) is 27.7 Å². The number of hydrogen-bond donors (Lipinski definition) is 3. The molecule has 1 aromatic heterocycles. The summed E-state index contributed by atoms with van der Waals surface area (Å²) >= 11 is 0. The van der Waals surface area contributed by atoms with Crippen LogP contribution in [0, 0.1) is 20.8 Å². The summed E-state index contributed by atoms with van der Waals surface area (Å²) in [7, 11) is -3.84. The smallest absolute Gasteiger partial charge is 0.248 e. The van der Waals surface area contributed by atoms with E-state index in [9.17, 15) is 13.2 Å². The fourth-order valence-corrected chi connectivity index (χ4v) is 4.28. The van der Waals surface area contributed by atoms with Crippen LogP contribution in [0.5, 0.6) is 0 Å². The van der Waals surface area contributed by atoms with Crippen LogP contribution in [0.3, 0.4) is 0 Å². The van der Waals surface area contributed by atoms with Gasteiger partial charge in [0.2, 0.25) is 15.9 Å². The monoisotopic (exact) mass is 357 g/mol.